The maximum atomic E-state index is 11.6. The SMILES string of the molecule is CNC(=O)CC1(O)CCCN(Cc2nc3cc(Cl)ccc3n2C)C1. The number of rotatable bonds is 4. The van der Waals surface area contributed by atoms with Crippen LogP contribution in [0.5, 0.6) is 0 Å². The molecule has 24 heavy (non-hydrogen) atoms. The summed E-state index contributed by atoms with van der Waals surface area (Å²) in [5, 5.41) is 14.0. The van der Waals surface area contributed by atoms with Gasteiger partial charge in [-0.1, -0.05) is 11.6 Å². The molecule has 3 rings (SSSR count). The van der Waals surface area contributed by atoms with E-state index in [1.54, 1.807) is 7.05 Å². The average Bonchev–Trinajstić information content (AvgIpc) is 2.82. The molecular formula is C17H23ClN4O2. The topological polar surface area (TPSA) is 70.4 Å². The van der Waals surface area contributed by atoms with Crippen LogP contribution in [0, 0.1) is 0 Å². The molecule has 1 saturated heterocycles. The van der Waals surface area contributed by atoms with Crippen molar-refractivity contribution in [1.82, 2.24) is 19.8 Å². The number of aromatic nitrogens is 2. The smallest absolute Gasteiger partial charge is 0.222 e. The number of nitrogens with one attached hydrogen (secondary N) is 1. The van der Waals surface area contributed by atoms with Crippen LogP contribution in [-0.4, -0.2) is 51.2 Å². The summed E-state index contributed by atoms with van der Waals surface area (Å²) in [5.41, 5.74) is 0.941. The van der Waals surface area contributed by atoms with Crippen LogP contribution < -0.4 is 5.32 Å². The summed E-state index contributed by atoms with van der Waals surface area (Å²) in [6.45, 7) is 2.00. The zero-order valence-corrected chi connectivity index (χ0v) is 14.8. The van der Waals surface area contributed by atoms with Crippen LogP contribution in [-0.2, 0) is 18.4 Å². The Balaban J connectivity index is 1.76. The van der Waals surface area contributed by atoms with E-state index in [9.17, 15) is 9.90 Å². The Kier molecular flexibility index (Phi) is 4.80. The Labute approximate surface area is 146 Å². The second-order valence-corrected chi connectivity index (χ2v) is 7.05. The van der Waals surface area contributed by atoms with Crippen LogP contribution in [0.3, 0.4) is 0 Å². The van der Waals surface area contributed by atoms with Crippen LogP contribution >= 0.6 is 11.6 Å². The normalized spacial score (nSPS) is 22.0. The average molecular weight is 351 g/mol. The summed E-state index contributed by atoms with van der Waals surface area (Å²) in [6.07, 6.45) is 1.65. The fourth-order valence-corrected chi connectivity index (χ4v) is 3.60. The third-order valence-electron chi connectivity index (χ3n) is 4.70. The van der Waals surface area contributed by atoms with Crippen LogP contribution in [0.2, 0.25) is 5.02 Å². The number of aliphatic hydroxyl groups is 1. The van der Waals surface area contributed by atoms with Gasteiger partial charge < -0.3 is 15.0 Å². The number of halogens is 1. The van der Waals surface area contributed by atoms with E-state index in [1.165, 1.54) is 0 Å². The zero-order chi connectivity index (χ0) is 17.3. The highest BCUT2D eigenvalue weighted by Crippen LogP contribution is 2.26. The molecule has 0 saturated carbocycles. The fourth-order valence-electron chi connectivity index (χ4n) is 3.44. The number of hydrogen-bond acceptors (Lipinski definition) is 4. The molecule has 6 nitrogen and oxygen atoms in total. The monoisotopic (exact) mass is 350 g/mol. The number of fused-ring (bicyclic) bond motifs is 1. The Morgan fingerprint density at radius 3 is 3.04 bits per heavy atom. The van der Waals surface area contributed by atoms with Crippen molar-refractivity contribution >= 4 is 28.5 Å². The van der Waals surface area contributed by atoms with Crippen molar-refractivity contribution in [2.24, 2.45) is 7.05 Å². The van der Waals surface area contributed by atoms with Crippen molar-refractivity contribution < 1.29 is 9.90 Å². The van der Waals surface area contributed by atoms with E-state index in [2.05, 4.69) is 19.8 Å². The summed E-state index contributed by atoms with van der Waals surface area (Å²) in [5.74, 6) is 0.799. The standard InChI is InChI=1S/C17H23ClN4O2/c1-19-16(23)9-17(24)6-3-7-22(11-17)10-15-20-13-8-12(18)4-5-14(13)21(15)2/h4-5,8,24H,3,6-7,9-11H2,1-2H3,(H,19,23). The number of amides is 1. The number of carbonyl (C=O) groups is 1. The van der Waals surface area contributed by atoms with Crippen molar-refractivity contribution in [3.63, 3.8) is 0 Å². The van der Waals surface area contributed by atoms with Gasteiger partial charge >= 0.3 is 0 Å². The minimum Gasteiger partial charge on any atom is -0.388 e. The zero-order valence-electron chi connectivity index (χ0n) is 14.0. The fraction of sp³-hybridized carbons (Fsp3) is 0.529. The largest absolute Gasteiger partial charge is 0.388 e. The molecule has 2 heterocycles. The van der Waals surface area contributed by atoms with Gasteiger partial charge in [-0.15, -0.1) is 0 Å². The van der Waals surface area contributed by atoms with Crippen LogP contribution in [0.25, 0.3) is 11.0 Å². The molecule has 0 radical (unpaired) electrons. The Morgan fingerprint density at radius 1 is 1.50 bits per heavy atom. The minimum absolute atomic E-state index is 0.128. The number of benzene rings is 1. The van der Waals surface area contributed by atoms with Gasteiger partial charge in [0.2, 0.25) is 5.91 Å². The van der Waals surface area contributed by atoms with Gasteiger partial charge in [-0.2, -0.15) is 0 Å². The molecule has 1 aromatic heterocycles. The van der Waals surface area contributed by atoms with E-state index in [-0.39, 0.29) is 12.3 Å². The van der Waals surface area contributed by atoms with Gasteiger partial charge in [0.05, 0.1) is 29.6 Å². The maximum Gasteiger partial charge on any atom is 0.222 e. The number of hydrogen-bond donors (Lipinski definition) is 2. The first-order chi connectivity index (χ1) is 11.4. The number of piperidine rings is 1. The molecule has 0 aliphatic carbocycles. The quantitative estimate of drug-likeness (QED) is 0.880. The van der Waals surface area contributed by atoms with E-state index in [0.29, 0.717) is 24.5 Å². The number of likely N-dealkylation sites (tertiary alicyclic amines) is 1. The molecule has 130 valence electrons. The van der Waals surface area contributed by atoms with Crippen LogP contribution in [0.4, 0.5) is 0 Å². The summed E-state index contributed by atoms with van der Waals surface area (Å²) >= 11 is 6.04. The van der Waals surface area contributed by atoms with Crippen molar-refractivity contribution in [1.29, 1.82) is 0 Å². The predicted molar refractivity (Wildman–Crippen MR) is 93.9 cm³/mol. The molecule has 1 fully saturated rings. The summed E-state index contributed by atoms with van der Waals surface area (Å²) in [6, 6.07) is 5.68. The highest BCUT2D eigenvalue weighted by atomic mass is 35.5. The lowest BCUT2D eigenvalue weighted by molar-refractivity contribution is -0.128. The maximum absolute atomic E-state index is 11.6. The lowest BCUT2D eigenvalue weighted by Gasteiger charge is -2.38. The second-order valence-electron chi connectivity index (χ2n) is 6.61. The summed E-state index contributed by atoms with van der Waals surface area (Å²) in [4.78, 5) is 18.5. The molecule has 0 bridgehead atoms. The molecule has 0 spiro atoms. The summed E-state index contributed by atoms with van der Waals surface area (Å²) < 4.78 is 2.05. The van der Waals surface area contributed by atoms with Gasteiger partial charge in [0, 0.05) is 25.7 Å². The van der Waals surface area contributed by atoms with Gasteiger partial charge in [-0.3, -0.25) is 9.69 Å². The van der Waals surface area contributed by atoms with Gasteiger partial charge in [-0.05, 0) is 37.6 Å². The number of aryl methyl sites for hydroxylation is 1. The van der Waals surface area contributed by atoms with E-state index < -0.39 is 5.60 Å². The number of nitrogens with zero attached hydrogens (tertiary/aromatic N) is 3. The summed E-state index contributed by atoms with van der Waals surface area (Å²) in [7, 11) is 3.58. The molecule has 7 heteroatoms. The molecule has 1 aliphatic rings. The van der Waals surface area contributed by atoms with E-state index in [0.717, 1.165) is 29.8 Å². The van der Waals surface area contributed by atoms with E-state index in [1.807, 2.05) is 25.2 Å². The van der Waals surface area contributed by atoms with Gasteiger partial charge in [-0.25, -0.2) is 4.98 Å². The lowest BCUT2D eigenvalue weighted by atomic mass is 9.89. The van der Waals surface area contributed by atoms with Gasteiger partial charge in [0.1, 0.15) is 5.82 Å². The third-order valence-corrected chi connectivity index (χ3v) is 4.94. The van der Waals surface area contributed by atoms with Gasteiger partial charge in [0.25, 0.3) is 0 Å². The Bertz CT molecular complexity index is 760. The minimum atomic E-state index is -0.966. The van der Waals surface area contributed by atoms with Gasteiger partial charge in [0.15, 0.2) is 0 Å². The highest BCUT2D eigenvalue weighted by Gasteiger charge is 2.35. The molecule has 1 aliphatic heterocycles. The molecule has 1 unspecified atom stereocenters. The van der Waals surface area contributed by atoms with Crippen LogP contribution in [0.15, 0.2) is 18.2 Å². The van der Waals surface area contributed by atoms with Crippen molar-refractivity contribution in [3.8, 4) is 0 Å². The number of imidazole rings is 1. The molecule has 1 atom stereocenters. The first-order valence-corrected chi connectivity index (χ1v) is 8.54. The third kappa shape index (κ3) is 3.55. The highest BCUT2D eigenvalue weighted by molar-refractivity contribution is 6.31. The van der Waals surface area contributed by atoms with Crippen molar-refractivity contribution in [2.45, 2.75) is 31.4 Å². The molecule has 1 aromatic carbocycles. The lowest BCUT2D eigenvalue weighted by Crippen LogP contribution is -2.50. The van der Waals surface area contributed by atoms with Crippen LogP contribution in [0.1, 0.15) is 25.1 Å². The molecular weight excluding hydrogens is 328 g/mol. The molecule has 2 aromatic rings. The number of carbonyl (C=O) groups excluding carboxylic acids is 1. The second kappa shape index (κ2) is 6.70. The van der Waals surface area contributed by atoms with Crippen molar-refractivity contribution in [3.05, 3.63) is 29.0 Å². The Hall–Kier alpha value is -1.63. The Morgan fingerprint density at radius 2 is 2.29 bits per heavy atom. The first-order valence-electron chi connectivity index (χ1n) is 8.16. The predicted octanol–water partition coefficient (Wildman–Crippen LogP) is 1.69. The van der Waals surface area contributed by atoms with Crippen molar-refractivity contribution in [2.75, 3.05) is 20.1 Å². The molecule has 1 amide bonds. The first kappa shape index (κ1) is 17.2. The number of β-amino-alcohol motifs (C(OH)–C–C–N with tert-alkyl or cyclic N) is 1. The van der Waals surface area contributed by atoms with E-state index >= 15 is 0 Å². The molecule has 2 N–H and O–H groups in total. The van der Waals surface area contributed by atoms with E-state index in [4.69, 9.17) is 11.6 Å².